The van der Waals surface area contributed by atoms with Gasteiger partial charge in [-0.3, -0.25) is 4.79 Å². The Hall–Kier alpha value is -2.04. The van der Waals surface area contributed by atoms with Crippen LogP contribution in [0.4, 0.5) is 5.69 Å². The van der Waals surface area contributed by atoms with Crippen LogP contribution in [0.3, 0.4) is 0 Å². The zero-order valence-corrected chi connectivity index (χ0v) is 12.6. The second kappa shape index (κ2) is 6.16. The minimum Gasteiger partial charge on any atom is -0.409 e. The van der Waals surface area contributed by atoms with Gasteiger partial charge in [-0.05, 0) is 37.8 Å². The van der Waals surface area contributed by atoms with E-state index in [1.54, 1.807) is 0 Å². The van der Waals surface area contributed by atoms with E-state index in [9.17, 15) is 4.79 Å². The molecule has 0 spiro atoms. The van der Waals surface area contributed by atoms with Gasteiger partial charge in [0, 0.05) is 5.69 Å². The maximum absolute atomic E-state index is 12.8. The van der Waals surface area contributed by atoms with Crippen LogP contribution < -0.4 is 11.1 Å². The van der Waals surface area contributed by atoms with Crippen molar-refractivity contribution >= 4 is 17.4 Å². The van der Waals surface area contributed by atoms with Crippen molar-refractivity contribution in [3.8, 4) is 0 Å². The highest BCUT2D eigenvalue weighted by molar-refractivity contribution is 6.12. The zero-order chi connectivity index (χ0) is 15.5. The number of carbonyl (C=O) groups is 1. The number of hydrogen-bond acceptors (Lipinski definition) is 3. The van der Waals surface area contributed by atoms with Crippen molar-refractivity contribution in [1.82, 2.24) is 0 Å². The first-order valence-electron chi connectivity index (χ1n) is 7.37. The van der Waals surface area contributed by atoms with Gasteiger partial charge in [-0.15, -0.1) is 0 Å². The van der Waals surface area contributed by atoms with Crippen LogP contribution in [0, 0.1) is 19.3 Å². The van der Waals surface area contributed by atoms with Crippen LogP contribution in [0.1, 0.15) is 43.2 Å². The third-order valence-electron chi connectivity index (χ3n) is 4.46. The molecule has 1 aromatic rings. The van der Waals surface area contributed by atoms with Crippen LogP contribution >= 0.6 is 0 Å². The molecule has 2 rings (SSSR count). The first kappa shape index (κ1) is 15.4. The standard InChI is InChI=1S/C16H23N3O2/c1-11-7-6-8-12(2)13(11)18-15(20)16(14(17)19-21)9-4-3-5-10-16/h6-8,21H,3-5,9-10H2,1-2H3,(H2,17,19)(H,18,20). The third kappa shape index (κ3) is 2.86. The van der Waals surface area contributed by atoms with Crippen molar-refractivity contribution in [2.75, 3.05) is 5.32 Å². The Morgan fingerprint density at radius 3 is 2.33 bits per heavy atom. The lowest BCUT2D eigenvalue weighted by Crippen LogP contribution is -2.48. The molecule has 0 heterocycles. The van der Waals surface area contributed by atoms with E-state index in [2.05, 4.69) is 10.5 Å². The summed E-state index contributed by atoms with van der Waals surface area (Å²) in [5.41, 5.74) is 7.80. The van der Waals surface area contributed by atoms with E-state index in [1.165, 1.54) is 0 Å². The molecule has 0 aromatic heterocycles. The maximum atomic E-state index is 12.8. The Kier molecular flexibility index (Phi) is 4.50. The molecule has 0 bridgehead atoms. The van der Waals surface area contributed by atoms with E-state index in [0.717, 1.165) is 36.1 Å². The van der Waals surface area contributed by atoms with Crippen molar-refractivity contribution in [3.05, 3.63) is 29.3 Å². The third-order valence-corrected chi connectivity index (χ3v) is 4.46. The van der Waals surface area contributed by atoms with Crippen LogP contribution in [0.25, 0.3) is 0 Å². The molecular formula is C16H23N3O2. The number of para-hydroxylation sites is 1. The number of anilines is 1. The summed E-state index contributed by atoms with van der Waals surface area (Å²) in [4.78, 5) is 12.8. The van der Waals surface area contributed by atoms with Crippen LogP contribution in [-0.2, 0) is 4.79 Å². The molecule has 5 nitrogen and oxygen atoms in total. The maximum Gasteiger partial charge on any atom is 0.238 e. The normalized spacial score (nSPS) is 18.3. The minimum absolute atomic E-state index is 0.0194. The number of aryl methyl sites for hydroxylation is 2. The number of nitrogens with zero attached hydrogens (tertiary/aromatic N) is 1. The summed E-state index contributed by atoms with van der Waals surface area (Å²) in [6.07, 6.45) is 4.16. The SMILES string of the molecule is Cc1cccc(C)c1NC(=O)C1(C(N)=NO)CCCCC1. The van der Waals surface area contributed by atoms with E-state index in [4.69, 9.17) is 10.9 Å². The summed E-state index contributed by atoms with van der Waals surface area (Å²) >= 11 is 0. The number of oxime groups is 1. The number of benzene rings is 1. The van der Waals surface area contributed by atoms with Crippen molar-refractivity contribution in [3.63, 3.8) is 0 Å². The average Bonchev–Trinajstić information content (AvgIpc) is 2.50. The topological polar surface area (TPSA) is 87.7 Å². The van der Waals surface area contributed by atoms with E-state index < -0.39 is 5.41 Å². The van der Waals surface area contributed by atoms with Gasteiger partial charge >= 0.3 is 0 Å². The van der Waals surface area contributed by atoms with Crippen LogP contribution in [-0.4, -0.2) is 17.0 Å². The molecule has 0 saturated heterocycles. The smallest absolute Gasteiger partial charge is 0.238 e. The fourth-order valence-corrected chi connectivity index (χ4v) is 3.10. The van der Waals surface area contributed by atoms with Crippen molar-refractivity contribution in [2.24, 2.45) is 16.3 Å². The zero-order valence-electron chi connectivity index (χ0n) is 12.6. The molecule has 0 atom stereocenters. The number of amidine groups is 1. The quantitative estimate of drug-likeness (QED) is 0.346. The lowest BCUT2D eigenvalue weighted by molar-refractivity contribution is -0.123. The summed E-state index contributed by atoms with van der Waals surface area (Å²) in [6.45, 7) is 3.92. The highest BCUT2D eigenvalue weighted by Gasteiger charge is 2.44. The molecule has 1 fully saturated rings. The van der Waals surface area contributed by atoms with Crippen LogP contribution in [0.5, 0.6) is 0 Å². The summed E-state index contributed by atoms with van der Waals surface area (Å²) in [6, 6.07) is 5.87. The van der Waals surface area contributed by atoms with Gasteiger partial charge < -0.3 is 16.3 Å². The van der Waals surface area contributed by atoms with Gasteiger partial charge in [0.15, 0.2) is 5.84 Å². The van der Waals surface area contributed by atoms with Crippen molar-refractivity contribution < 1.29 is 10.0 Å². The lowest BCUT2D eigenvalue weighted by Gasteiger charge is -2.34. The molecule has 4 N–H and O–H groups in total. The molecule has 114 valence electrons. The number of carbonyl (C=O) groups excluding carboxylic acids is 1. The fourth-order valence-electron chi connectivity index (χ4n) is 3.10. The monoisotopic (exact) mass is 289 g/mol. The number of nitrogens with one attached hydrogen (secondary N) is 1. The Morgan fingerprint density at radius 2 is 1.81 bits per heavy atom. The highest BCUT2D eigenvalue weighted by atomic mass is 16.4. The number of hydrogen-bond donors (Lipinski definition) is 3. The van der Waals surface area contributed by atoms with E-state index in [1.807, 2.05) is 32.0 Å². The van der Waals surface area contributed by atoms with Gasteiger partial charge in [0.2, 0.25) is 5.91 Å². The molecule has 0 radical (unpaired) electrons. The van der Waals surface area contributed by atoms with Gasteiger partial charge in [0.1, 0.15) is 5.41 Å². The van der Waals surface area contributed by atoms with Gasteiger partial charge in [-0.2, -0.15) is 0 Å². The first-order chi connectivity index (χ1) is 10.0. The van der Waals surface area contributed by atoms with Gasteiger partial charge in [0.05, 0.1) is 0 Å². The Balaban J connectivity index is 2.32. The molecule has 0 unspecified atom stereocenters. The van der Waals surface area contributed by atoms with Crippen LogP contribution in [0.15, 0.2) is 23.4 Å². The average molecular weight is 289 g/mol. The Morgan fingerprint density at radius 1 is 1.24 bits per heavy atom. The summed E-state index contributed by atoms with van der Waals surface area (Å²) in [7, 11) is 0. The van der Waals surface area contributed by atoms with Crippen molar-refractivity contribution in [2.45, 2.75) is 46.0 Å². The molecular weight excluding hydrogens is 266 g/mol. The van der Waals surface area contributed by atoms with Gasteiger partial charge in [0.25, 0.3) is 0 Å². The van der Waals surface area contributed by atoms with Gasteiger partial charge in [-0.1, -0.05) is 42.6 Å². The molecule has 1 saturated carbocycles. The Labute approximate surface area is 125 Å². The molecule has 1 aliphatic carbocycles. The fraction of sp³-hybridized carbons (Fsp3) is 0.500. The van der Waals surface area contributed by atoms with E-state index >= 15 is 0 Å². The van der Waals surface area contributed by atoms with E-state index in [-0.39, 0.29) is 11.7 Å². The minimum atomic E-state index is -0.887. The number of rotatable bonds is 3. The lowest BCUT2D eigenvalue weighted by atomic mass is 9.72. The predicted molar refractivity (Wildman–Crippen MR) is 83.5 cm³/mol. The Bertz CT molecular complexity index is 540. The number of nitrogens with two attached hydrogens (primary N) is 1. The van der Waals surface area contributed by atoms with E-state index in [0.29, 0.717) is 12.8 Å². The largest absolute Gasteiger partial charge is 0.409 e. The van der Waals surface area contributed by atoms with Gasteiger partial charge in [-0.25, -0.2) is 0 Å². The first-order valence-corrected chi connectivity index (χ1v) is 7.37. The predicted octanol–water partition coefficient (Wildman–Crippen LogP) is 2.94. The molecule has 0 aliphatic heterocycles. The summed E-state index contributed by atoms with van der Waals surface area (Å²) in [5.74, 6) is -0.152. The second-order valence-electron chi connectivity index (χ2n) is 5.85. The second-order valence-corrected chi connectivity index (χ2v) is 5.85. The highest BCUT2D eigenvalue weighted by Crippen LogP contribution is 2.38. The number of amides is 1. The molecule has 5 heteroatoms. The summed E-state index contributed by atoms with van der Waals surface area (Å²) in [5, 5.41) is 15.2. The summed E-state index contributed by atoms with van der Waals surface area (Å²) < 4.78 is 0. The molecule has 1 amide bonds. The molecule has 21 heavy (non-hydrogen) atoms. The van der Waals surface area contributed by atoms with Crippen molar-refractivity contribution in [1.29, 1.82) is 0 Å². The van der Waals surface area contributed by atoms with Crippen LogP contribution in [0.2, 0.25) is 0 Å². The molecule has 1 aliphatic rings. The molecule has 1 aromatic carbocycles.